The highest BCUT2D eigenvalue weighted by Gasteiger charge is 2.31. The van der Waals surface area contributed by atoms with Gasteiger partial charge in [0.2, 0.25) is 5.78 Å². The topological polar surface area (TPSA) is 63.7 Å². The van der Waals surface area contributed by atoms with Crippen molar-refractivity contribution in [3.63, 3.8) is 0 Å². The van der Waals surface area contributed by atoms with Gasteiger partial charge in [0.25, 0.3) is 5.91 Å². The van der Waals surface area contributed by atoms with E-state index >= 15 is 0 Å². The molecule has 0 aliphatic carbocycles. The second-order valence-electron chi connectivity index (χ2n) is 7.38. The molecule has 2 aromatic rings. The van der Waals surface area contributed by atoms with Crippen LogP contribution in [0.3, 0.4) is 0 Å². The molecule has 5 nitrogen and oxygen atoms in total. The number of rotatable bonds is 5. The highest BCUT2D eigenvalue weighted by molar-refractivity contribution is 6.00. The Bertz CT molecular complexity index is 884. The van der Waals surface area contributed by atoms with E-state index in [-0.39, 0.29) is 17.6 Å². The van der Waals surface area contributed by atoms with Gasteiger partial charge in [-0.2, -0.15) is 0 Å². The fourth-order valence-corrected chi connectivity index (χ4v) is 3.37. The number of Topliss-reactive ketones (excluding diaryl/α,β-unsaturated/α-hetero) is 1. The van der Waals surface area contributed by atoms with Crippen molar-refractivity contribution in [2.45, 2.75) is 32.8 Å². The zero-order valence-corrected chi connectivity index (χ0v) is 16.6. The predicted molar refractivity (Wildman–Crippen MR) is 106 cm³/mol. The van der Waals surface area contributed by atoms with Crippen molar-refractivity contribution in [2.75, 3.05) is 13.1 Å². The standard InChI is InChI=1S/C23H24FNO4/c1-15-3-5-17(6-4-15)21(26)16(2)29-23(28)19-11-13-25(14-12-19)22(27)18-7-9-20(24)10-8-18/h3-10,16,19H,11-14H2,1-2H3/t16-/m1/s1. The van der Waals surface area contributed by atoms with Crippen molar-refractivity contribution in [3.05, 3.63) is 71.0 Å². The number of likely N-dealkylation sites (tertiary alicyclic amines) is 1. The molecular formula is C23H24FNO4. The van der Waals surface area contributed by atoms with Gasteiger partial charge in [0.15, 0.2) is 6.10 Å². The predicted octanol–water partition coefficient (Wildman–Crippen LogP) is 3.80. The van der Waals surface area contributed by atoms with Crippen LogP contribution in [0.5, 0.6) is 0 Å². The molecule has 29 heavy (non-hydrogen) atoms. The van der Waals surface area contributed by atoms with E-state index in [0.717, 1.165) is 5.56 Å². The number of ether oxygens (including phenoxy) is 1. The molecule has 0 unspecified atom stereocenters. The van der Waals surface area contributed by atoms with E-state index in [2.05, 4.69) is 0 Å². The van der Waals surface area contributed by atoms with Crippen LogP contribution in [0.4, 0.5) is 4.39 Å². The highest BCUT2D eigenvalue weighted by atomic mass is 19.1. The molecule has 6 heteroatoms. The number of esters is 1. The number of benzene rings is 2. The average molecular weight is 397 g/mol. The largest absolute Gasteiger partial charge is 0.454 e. The molecule has 1 amide bonds. The van der Waals surface area contributed by atoms with E-state index in [1.54, 1.807) is 24.0 Å². The van der Waals surface area contributed by atoms with Gasteiger partial charge in [-0.1, -0.05) is 29.8 Å². The molecule has 2 aromatic carbocycles. The minimum Gasteiger partial charge on any atom is -0.454 e. The van der Waals surface area contributed by atoms with Gasteiger partial charge in [0, 0.05) is 24.2 Å². The van der Waals surface area contributed by atoms with Crippen molar-refractivity contribution >= 4 is 17.7 Å². The molecule has 0 N–H and O–H groups in total. The van der Waals surface area contributed by atoms with E-state index in [4.69, 9.17) is 4.74 Å². The molecule has 0 aromatic heterocycles. The molecule has 1 saturated heterocycles. The number of nitrogens with zero attached hydrogens (tertiary/aromatic N) is 1. The number of amides is 1. The summed E-state index contributed by atoms with van der Waals surface area (Å²) in [6.07, 6.45) is 0.0816. The van der Waals surface area contributed by atoms with Crippen LogP contribution in [-0.4, -0.2) is 41.8 Å². The number of carbonyl (C=O) groups is 3. The lowest BCUT2D eigenvalue weighted by molar-refractivity contribution is -0.152. The Hall–Kier alpha value is -3.02. The lowest BCUT2D eigenvalue weighted by Gasteiger charge is -2.31. The Kier molecular flexibility index (Phi) is 6.42. The molecule has 1 heterocycles. The highest BCUT2D eigenvalue weighted by Crippen LogP contribution is 2.22. The summed E-state index contributed by atoms with van der Waals surface area (Å²) in [5, 5.41) is 0. The molecule has 0 radical (unpaired) electrons. The number of ketones is 1. The number of carbonyl (C=O) groups excluding carboxylic acids is 3. The lowest BCUT2D eigenvalue weighted by atomic mass is 9.96. The normalized spacial score (nSPS) is 15.6. The van der Waals surface area contributed by atoms with Gasteiger partial charge in [0.1, 0.15) is 5.82 Å². The molecule has 0 saturated carbocycles. The first-order valence-corrected chi connectivity index (χ1v) is 9.71. The summed E-state index contributed by atoms with van der Waals surface area (Å²) in [5.74, 6) is -1.56. The summed E-state index contributed by atoms with van der Waals surface area (Å²) < 4.78 is 18.4. The molecule has 1 aliphatic heterocycles. The summed E-state index contributed by atoms with van der Waals surface area (Å²) >= 11 is 0. The van der Waals surface area contributed by atoms with Crippen molar-refractivity contribution in [1.82, 2.24) is 4.90 Å². The zero-order valence-electron chi connectivity index (χ0n) is 16.6. The number of aryl methyl sites for hydroxylation is 1. The SMILES string of the molecule is Cc1ccc(C(=O)[C@@H](C)OC(=O)C2CCN(C(=O)c3ccc(F)cc3)CC2)cc1. The molecule has 1 aliphatic rings. The fraction of sp³-hybridized carbons (Fsp3) is 0.348. The van der Waals surface area contributed by atoms with Gasteiger partial charge in [-0.15, -0.1) is 0 Å². The van der Waals surface area contributed by atoms with Gasteiger partial charge in [-0.25, -0.2) is 4.39 Å². The molecule has 0 bridgehead atoms. The molecule has 0 spiro atoms. The monoisotopic (exact) mass is 397 g/mol. The molecule has 1 fully saturated rings. The molecule has 1 atom stereocenters. The van der Waals surface area contributed by atoms with Gasteiger partial charge in [-0.05, 0) is 51.0 Å². The quantitative estimate of drug-likeness (QED) is 0.569. The van der Waals surface area contributed by atoms with Crippen molar-refractivity contribution in [1.29, 1.82) is 0 Å². The van der Waals surface area contributed by atoms with Crippen molar-refractivity contribution < 1.29 is 23.5 Å². The van der Waals surface area contributed by atoms with Crippen LogP contribution in [-0.2, 0) is 9.53 Å². The molecule has 3 rings (SSSR count). The third kappa shape index (κ3) is 5.08. The summed E-state index contributed by atoms with van der Waals surface area (Å²) in [4.78, 5) is 39.0. The zero-order chi connectivity index (χ0) is 21.0. The van der Waals surface area contributed by atoms with Crippen molar-refractivity contribution in [3.8, 4) is 0 Å². The first-order chi connectivity index (χ1) is 13.8. The number of piperidine rings is 1. The van der Waals surface area contributed by atoms with Crippen LogP contribution in [0, 0.1) is 18.7 Å². The van der Waals surface area contributed by atoms with Crippen LogP contribution in [0.25, 0.3) is 0 Å². The van der Waals surface area contributed by atoms with Crippen LogP contribution in [0.15, 0.2) is 48.5 Å². The van der Waals surface area contributed by atoms with E-state index in [1.165, 1.54) is 24.3 Å². The minimum atomic E-state index is -0.857. The maximum absolute atomic E-state index is 13.0. The number of hydrogen-bond acceptors (Lipinski definition) is 4. The van der Waals surface area contributed by atoms with Gasteiger partial charge in [-0.3, -0.25) is 14.4 Å². The Morgan fingerprint density at radius 3 is 2.10 bits per heavy atom. The summed E-state index contributed by atoms with van der Waals surface area (Å²) in [5.41, 5.74) is 1.98. The van der Waals surface area contributed by atoms with E-state index < -0.39 is 17.9 Å². The average Bonchev–Trinajstić information content (AvgIpc) is 2.74. The van der Waals surface area contributed by atoms with Gasteiger partial charge < -0.3 is 9.64 Å². The van der Waals surface area contributed by atoms with E-state index in [9.17, 15) is 18.8 Å². The van der Waals surface area contributed by atoms with Crippen LogP contribution in [0.2, 0.25) is 0 Å². The number of hydrogen-bond donors (Lipinski definition) is 0. The first kappa shape index (κ1) is 20.7. The van der Waals surface area contributed by atoms with Crippen LogP contribution < -0.4 is 0 Å². The Morgan fingerprint density at radius 1 is 0.966 bits per heavy atom. The third-order valence-corrected chi connectivity index (χ3v) is 5.20. The molecule has 152 valence electrons. The smallest absolute Gasteiger partial charge is 0.309 e. The Morgan fingerprint density at radius 2 is 1.52 bits per heavy atom. The molecular weight excluding hydrogens is 373 g/mol. The maximum Gasteiger partial charge on any atom is 0.309 e. The van der Waals surface area contributed by atoms with Gasteiger partial charge >= 0.3 is 5.97 Å². The third-order valence-electron chi connectivity index (χ3n) is 5.20. The number of halogens is 1. The second-order valence-corrected chi connectivity index (χ2v) is 7.38. The second kappa shape index (κ2) is 8.99. The van der Waals surface area contributed by atoms with Crippen LogP contribution >= 0.6 is 0 Å². The summed E-state index contributed by atoms with van der Waals surface area (Å²) in [7, 11) is 0. The van der Waals surface area contributed by atoms with Crippen molar-refractivity contribution in [2.24, 2.45) is 5.92 Å². The fourth-order valence-electron chi connectivity index (χ4n) is 3.37. The lowest BCUT2D eigenvalue weighted by Crippen LogP contribution is -2.41. The first-order valence-electron chi connectivity index (χ1n) is 9.71. The van der Waals surface area contributed by atoms with Gasteiger partial charge in [0.05, 0.1) is 5.92 Å². The maximum atomic E-state index is 13.0. The summed E-state index contributed by atoms with van der Waals surface area (Å²) in [6, 6.07) is 12.6. The van der Waals surface area contributed by atoms with E-state index in [0.29, 0.717) is 37.1 Å². The minimum absolute atomic E-state index is 0.181. The summed E-state index contributed by atoms with van der Waals surface area (Å²) in [6.45, 7) is 4.34. The van der Waals surface area contributed by atoms with Crippen LogP contribution in [0.1, 0.15) is 46.0 Å². The van der Waals surface area contributed by atoms with E-state index in [1.807, 2.05) is 19.1 Å². The Balaban J connectivity index is 1.51. The Labute approximate surface area is 169 Å².